The summed E-state index contributed by atoms with van der Waals surface area (Å²) in [5.41, 5.74) is 6.15. The van der Waals surface area contributed by atoms with Gasteiger partial charge in [0.15, 0.2) is 0 Å². The molecular weight excluding hydrogens is 364 g/mol. The minimum absolute atomic E-state index is 0.0902. The topological polar surface area (TPSA) is 26.0 Å². The molecule has 1 aromatic carbocycles. The van der Waals surface area contributed by atoms with E-state index in [9.17, 15) is 8.78 Å². The highest BCUT2D eigenvalue weighted by Gasteiger charge is 2.23. The molecule has 0 aliphatic rings. The van der Waals surface area contributed by atoms with E-state index in [4.69, 9.17) is 5.73 Å². The van der Waals surface area contributed by atoms with Gasteiger partial charge in [-0.2, -0.15) is 0 Å². The van der Waals surface area contributed by atoms with Gasteiger partial charge in [-0.15, -0.1) is 23.1 Å². The standard InChI is InChI=1S/C14H14BrF2NS2/c1-2-11(18)14(13-5-8(15)7-19-13)20-12-6-9(16)3-4-10(12)17/h3-7,11,14H,2,18H2,1H3. The third kappa shape index (κ3) is 3.81. The fourth-order valence-corrected chi connectivity index (χ4v) is 4.75. The van der Waals surface area contributed by atoms with Crippen molar-refractivity contribution in [2.75, 3.05) is 0 Å². The summed E-state index contributed by atoms with van der Waals surface area (Å²) in [5.74, 6) is -0.856. The number of thiophene rings is 1. The maximum absolute atomic E-state index is 13.8. The van der Waals surface area contributed by atoms with Crippen molar-refractivity contribution in [2.24, 2.45) is 5.73 Å². The van der Waals surface area contributed by atoms with Crippen LogP contribution in [0.15, 0.2) is 39.0 Å². The molecular formula is C14H14BrF2NS2. The van der Waals surface area contributed by atoms with Gasteiger partial charge in [-0.1, -0.05) is 6.92 Å². The van der Waals surface area contributed by atoms with E-state index in [2.05, 4.69) is 15.9 Å². The Balaban J connectivity index is 2.30. The maximum atomic E-state index is 13.8. The molecule has 0 spiro atoms. The maximum Gasteiger partial charge on any atom is 0.136 e. The molecule has 2 atom stereocenters. The van der Waals surface area contributed by atoms with Gasteiger partial charge < -0.3 is 5.73 Å². The van der Waals surface area contributed by atoms with E-state index in [1.165, 1.54) is 17.8 Å². The molecule has 0 fully saturated rings. The number of thioether (sulfide) groups is 1. The van der Waals surface area contributed by atoms with E-state index in [0.29, 0.717) is 4.90 Å². The number of hydrogen-bond acceptors (Lipinski definition) is 3. The Morgan fingerprint density at radius 3 is 2.70 bits per heavy atom. The molecule has 2 aromatic rings. The van der Waals surface area contributed by atoms with Crippen LogP contribution in [0.3, 0.4) is 0 Å². The van der Waals surface area contributed by atoms with Crippen LogP contribution < -0.4 is 5.73 Å². The fourth-order valence-electron chi connectivity index (χ4n) is 1.75. The summed E-state index contributed by atoms with van der Waals surface area (Å²) < 4.78 is 28.0. The molecule has 2 N–H and O–H groups in total. The van der Waals surface area contributed by atoms with Crippen LogP contribution in [-0.4, -0.2) is 6.04 Å². The van der Waals surface area contributed by atoms with Gasteiger partial charge in [0.2, 0.25) is 0 Å². The van der Waals surface area contributed by atoms with Gasteiger partial charge in [-0.25, -0.2) is 8.78 Å². The second-order valence-corrected chi connectivity index (χ2v) is 7.39. The molecule has 20 heavy (non-hydrogen) atoms. The summed E-state index contributed by atoms with van der Waals surface area (Å²) in [6, 6.07) is 5.35. The zero-order chi connectivity index (χ0) is 14.7. The van der Waals surface area contributed by atoms with E-state index in [0.717, 1.165) is 27.9 Å². The van der Waals surface area contributed by atoms with Crippen LogP contribution >= 0.6 is 39.0 Å². The molecule has 1 aromatic heterocycles. The largest absolute Gasteiger partial charge is 0.326 e. The highest BCUT2D eigenvalue weighted by molar-refractivity contribution is 9.10. The first-order valence-corrected chi connectivity index (χ1v) is 8.67. The lowest BCUT2D eigenvalue weighted by Gasteiger charge is -2.21. The highest BCUT2D eigenvalue weighted by atomic mass is 79.9. The molecule has 1 nitrogen and oxygen atoms in total. The van der Waals surface area contributed by atoms with Crippen LogP contribution in [0.4, 0.5) is 8.78 Å². The Hall–Kier alpha value is -0.430. The molecule has 2 unspecified atom stereocenters. The summed E-state index contributed by atoms with van der Waals surface area (Å²) in [6.07, 6.45) is 0.768. The summed E-state index contributed by atoms with van der Waals surface area (Å²) in [7, 11) is 0. The predicted octanol–water partition coefficient (Wildman–Crippen LogP) is 5.36. The van der Waals surface area contributed by atoms with Crippen LogP contribution in [0.5, 0.6) is 0 Å². The SMILES string of the molecule is CCC(N)C(Sc1cc(F)ccc1F)c1cc(Br)cs1. The monoisotopic (exact) mass is 377 g/mol. The molecule has 1 heterocycles. The summed E-state index contributed by atoms with van der Waals surface area (Å²) in [6.45, 7) is 1.99. The summed E-state index contributed by atoms with van der Waals surface area (Å²) >= 11 is 6.25. The number of hydrogen-bond donors (Lipinski definition) is 1. The molecule has 0 aliphatic carbocycles. The lowest BCUT2D eigenvalue weighted by atomic mass is 10.1. The van der Waals surface area contributed by atoms with E-state index >= 15 is 0 Å². The van der Waals surface area contributed by atoms with Gasteiger partial charge in [0.05, 0.1) is 5.25 Å². The minimum Gasteiger partial charge on any atom is -0.326 e. The van der Waals surface area contributed by atoms with Crippen molar-refractivity contribution in [3.8, 4) is 0 Å². The molecule has 0 amide bonds. The Kier molecular flexibility index (Phi) is 5.60. The molecule has 0 bridgehead atoms. The lowest BCUT2D eigenvalue weighted by molar-refractivity contribution is 0.575. The fraction of sp³-hybridized carbons (Fsp3) is 0.286. The average molecular weight is 378 g/mol. The van der Waals surface area contributed by atoms with Crippen molar-refractivity contribution < 1.29 is 8.78 Å². The molecule has 0 aliphatic heterocycles. The van der Waals surface area contributed by atoms with Crippen molar-refractivity contribution >= 4 is 39.0 Å². The normalized spacial score (nSPS) is 14.2. The predicted molar refractivity (Wildman–Crippen MR) is 85.2 cm³/mol. The first-order valence-electron chi connectivity index (χ1n) is 6.12. The molecule has 108 valence electrons. The van der Waals surface area contributed by atoms with Gasteiger partial charge in [0.1, 0.15) is 11.6 Å². The van der Waals surface area contributed by atoms with E-state index in [-0.39, 0.29) is 11.3 Å². The third-order valence-electron chi connectivity index (χ3n) is 2.88. The Bertz CT molecular complexity index is 588. The third-order valence-corrected chi connectivity index (χ3v) is 6.23. The Labute approximate surface area is 133 Å². The second kappa shape index (κ2) is 7.02. The van der Waals surface area contributed by atoms with E-state index < -0.39 is 11.6 Å². The molecule has 0 radical (unpaired) electrons. The first-order chi connectivity index (χ1) is 9.51. The van der Waals surface area contributed by atoms with Crippen LogP contribution in [0.25, 0.3) is 0 Å². The van der Waals surface area contributed by atoms with Gasteiger partial charge in [0.25, 0.3) is 0 Å². The van der Waals surface area contributed by atoms with Crippen molar-refractivity contribution in [1.29, 1.82) is 0 Å². The van der Waals surface area contributed by atoms with Gasteiger partial charge >= 0.3 is 0 Å². The number of nitrogens with two attached hydrogens (primary N) is 1. The van der Waals surface area contributed by atoms with Gasteiger partial charge in [0, 0.05) is 25.7 Å². The van der Waals surface area contributed by atoms with Gasteiger partial charge in [-0.3, -0.25) is 0 Å². The Morgan fingerprint density at radius 1 is 1.35 bits per heavy atom. The van der Waals surface area contributed by atoms with Crippen LogP contribution in [0.1, 0.15) is 23.5 Å². The number of halogens is 3. The lowest BCUT2D eigenvalue weighted by Crippen LogP contribution is -2.25. The minimum atomic E-state index is -0.440. The van der Waals surface area contributed by atoms with Crippen LogP contribution in [0.2, 0.25) is 0 Å². The smallest absolute Gasteiger partial charge is 0.136 e. The molecule has 6 heteroatoms. The van der Waals surface area contributed by atoms with Crippen molar-refractivity contribution in [3.05, 3.63) is 50.6 Å². The second-order valence-electron chi connectivity index (χ2n) is 4.35. The van der Waals surface area contributed by atoms with E-state index in [1.807, 2.05) is 18.4 Å². The Morgan fingerprint density at radius 2 is 2.10 bits per heavy atom. The molecule has 0 saturated carbocycles. The molecule has 0 saturated heterocycles. The number of benzene rings is 1. The average Bonchev–Trinajstić information content (AvgIpc) is 2.85. The zero-order valence-electron chi connectivity index (χ0n) is 10.8. The van der Waals surface area contributed by atoms with E-state index in [1.54, 1.807) is 11.3 Å². The number of rotatable bonds is 5. The zero-order valence-corrected chi connectivity index (χ0v) is 14.0. The molecule has 2 rings (SSSR count). The summed E-state index contributed by atoms with van der Waals surface area (Å²) in [4.78, 5) is 1.35. The highest BCUT2D eigenvalue weighted by Crippen LogP contribution is 2.42. The van der Waals surface area contributed by atoms with Crippen LogP contribution in [0, 0.1) is 11.6 Å². The van der Waals surface area contributed by atoms with Crippen molar-refractivity contribution in [1.82, 2.24) is 0 Å². The first kappa shape index (κ1) is 15.9. The summed E-state index contributed by atoms with van der Waals surface area (Å²) in [5, 5.41) is 1.88. The van der Waals surface area contributed by atoms with Crippen molar-refractivity contribution in [3.63, 3.8) is 0 Å². The van der Waals surface area contributed by atoms with Crippen molar-refractivity contribution in [2.45, 2.75) is 29.5 Å². The van der Waals surface area contributed by atoms with Gasteiger partial charge in [-0.05, 0) is 46.6 Å². The van der Waals surface area contributed by atoms with Crippen LogP contribution in [-0.2, 0) is 0 Å². The quantitative estimate of drug-likeness (QED) is 0.709.